The fourth-order valence-electron chi connectivity index (χ4n) is 2.44. The molecule has 1 aliphatic heterocycles. The molecule has 20 heavy (non-hydrogen) atoms. The van der Waals surface area contributed by atoms with Gasteiger partial charge in [0.05, 0.1) is 16.6 Å². The van der Waals surface area contributed by atoms with Gasteiger partial charge in [-0.25, -0.2) is 4.98 Å². The van der Waals surface area contributed by atoms with Gasteiger partial charge in [0.1, 0.15) is 0 Å². The Morgan fingerprint density at radius 3 is 3.00 bits per heavy atom. The lowest BCUT2D eigenvalue weighted by Gasteiger charge is -2.12. The minimum absolute atomic E-state index is 0. The van der Waals surface area contributed by atoms with Crippen molar-refractivity contribution in [3.05, 3.63) is 23.0 Å². The van der Waals surface area contributed by atoms with Crippen LogP contribution in [0.3, 0.4) is 0 Å². The summed E-state index contributed by atoms with van der Waals surface area (Å²) in [5.41, 5.74) is 2.45. The number of hydrogen-bond acceptors (Lipinski definition) is 5. The van der Waals surface area contributed by atoms with Gasteiger partial charge in [0.25, 0.3) is 11.6 Å². The molecule has 2 aromatic heterocycles. The summed E-state index contributed by atoms with van der Waals surface area (Å²) >= 11 is 0. The van der Waals surface area contributed by atoms with Crippen molar-refractivity contribution in [3.63, 3.8) is 0 Å². The second kappa shape index (κ2) is 5.76. The number of carbonyl (C=O) groups is 1. The lowest BCUT2D eigenvalue weighted by atomic mass is 10.1. The number of rotatable bonds is 2. The zero-order valence-corrected chi connectivity index (χ0v) is 12.2. The molecule has 0 aliphatic carbocycles. The van der Waals surface area contributed by atoms with Crippen molar-refractivity contribution in [2.45, 2.75) is 26.3 Å². The summed E-state index contributed by atoms with van der Waals surface area (Å²) in [6, 6.07) is 1.97. The van der Waals surface area contributed by atoms with Crippen LogP contribution in [0.2, 0.25) is 0 Å². The average molecular weight is 297 g/mol. The second-order valence-corrected chi connectivity index (χ2v) is 4.92. The molecule has 1 saturated heterocycles. The molecule has 2 aromatic rings. The number of nitrogens with zero attached hydrogens (tertiary/aromatic N) is 2. The maximum Gasteiger partial charge on any atom is 0.258 e. The summed E-state index contributed by atoms with van der Waals surface area (Å²) in [4.78, 5) is 16.6. The largest absolute Gasteiger partial charge is 0.348 e. The maximum absolute atomic E-state index is 12.4. The van der Waals surface area contributed by atoms with Crippen molar-refractivity contribution in [1.29, 1.82) is 0 Å². The monoisotopic (exact) mass is 296 g/mol. The van der Waals surface area contributed by atoms with Crippen molar-refractivity contribution >= 4 is 29.4 Å². The topological polar surface area (TPSA) is 80.0 Å². The Labute approximate surface area is 122 Å². The van der Waals surface area contributed by atoms with Crippen LogP contribution in [0.15, 0.2) is 10.6 Å². The van der Waals surface area contributed by atoms with Crippen LogP contribution in [0.4, 0.5) is 0 Å². The molecule has 6 nitrogen and oxygen atoms in total. The SMILES string of the molecule is Cc1cc(C(=O)NC2CCNC2)c2c(C)noc2n1.Cl. The predicted octanol–water partition coefficient (Wildman–Crippen LogP) is 1.35. The summed E-state index contributed by atoms with van der Waals surface area (Å²) in [7, 11) is 0. The van der Waals surface area contributed by atoms with Crippen LogP contribution in [0.25, 0.3) is 11.1 Å². The van der Waals surface area contributed by atoms with Gasteiger partial charge < -0.3 is 15.2 Å². The van der Waals surface area contributed by atoms with Gasteiger partial charge in [-0.15, -0.1) is 12.4 Å². The number of aromatic nitrogens is 2. The van der Waals surface area contributed by atoms with Crippen molar-refractivity contribution in [3.8, 4) is 0 Å². The van der Waals surface area contributed by atoms with Crippen LogP contribution in [0.1, 0.15) is 28.2 Å². The molecule has 7 heteroatoms. The number of nitrogens with one attached hydrogen (secondary N) is 2. The van der Waals surface area contributed by atoms with Gasteiger partial charge in [-0.05, 0) is 32.9 Å². The number of hydrogen-bond donors (Lipinski definition) is 2. The number of aryl methyl sites for hydroxylation is 2. The van der Waals surface area contributed by atoms with E-state index in [1.54, 1.807) is 6.07 Å². The van der Waals surface area contributed by atoms with Gasteiger partial charge in [-0.2, -0.15) is 0 Å². The number of halogens is 1. The molecule has 2 N–H and O–H groups in total. The van der Waals surface area contributed by atoms with E-state index in [9.17, 15) is 4.79 Å². The standard InChI is InChI=1S/C13H16N4O2.ClH/c1-7-5-10(11-8(2)17-19-13(11)15-7)12(18)16-9-3-4-14-6-9;/h5,9,14H,3-4,6H2,1-2H3,(H,16,18);1H. The molecule has 0 radical (unpaired) electrons. The number of carbonyl (C=O) groups excluding carboxylic acids is 1. The summed E-state index contributed by atoms with van der Waals surface area (Å²) in [5.74, 6) is -0.0875. The highest BCUT2D eigenvalue weighted by Gasteiger charge is 2.21. The van der Waals surface area contributed by atoms with E-state index in [0.29, 0.717) is 22.4 Å². The first-order chi connectivity index (χ1) is 9.15. The minimum atomic E-state index is -0.0875. The normalized spacial score (nSPS) is 18.0. The van der Waals surface area contributed by atoms with Crippen LogP contribution >= 0.6 is 12.4 Å². The van der Waals surface area contributed by atoms with Gasteiger partial charge in [-0.3, -0.25) is 4.79 Å². The van der Waals surface area contributed by atoms with E-state index in [1.165, 1.54) is 0 Å². The van der Waals surface area contributed by atoms with Crippen molar-refractivity contribution in [1.82, 2.24) is 20.8 Å². The molecule has 1 amide bonds. The van der Waals surface area contributed by atoms with E-state index in [-0.39, 0.29) is 24.4 Å². The Kier molecular flexibility index (Phi) is 4.25. The third-order valence-electron chi connectivity index (χ3n) is 3.39. The van der Waals surface area contributed by atoms with Gasteiger partial charge >= 0.3 is 0 Å². The first-order valence-electron chi connectivity index (χ1n) is 6.40. The number of pyridine rings is 1. The van der Waals surface area contributed by atoms with Crippen LogP contribution in [0.5, 0.6) is 0 Å². The van der Waals surface area contributed by atoms with Crippen LogP contribution in [-0.2, 0) is 0 Å². The zero-order chi connectivity index (χ0) is 13.4. The van der Waals surface area contributed by atoms with E-state index in [0.717, 1.165) is 25.2 Å². The molecule has 0 bridgehead atoms. The Bertz CT molecular complexity index is 635. The molecule has 0 aromatic carbocycles. The van der Waals surface area contributed by atoms with Crippen molar-refractivity contribution < 1.29 is 9.32 Å². The Hall–Kier alpha value is -1.66. The fraction of sp³-hybridized carbons (Fsp3) is 0.462. The highest BCUT2D eigenvalue weighted by molar-refractivity contribution is 6.06. The lowest BCUT2D eigenvalue weighted by Crippen LogP contribution is -2.36. The van der Waals surface area contributed by atoms with Gasteiger partial charge in [-0.1, -0.05) is 5.16 Å². The smallest absolute Gasteiger partial charge is 0.258 e. The Morgan fingerprint density at radius 1 is 1.50 bits per heavy atom. The minimum Gasteiger partial charge on any atom is -0.348 e. The van der Waals surface area contributed by atoms with Gasteiger partial charge in [0.15, 0.2) is 0 Å². The first-order valence-corrected chi connectivity index (χ1v) is 6.40. The lowest BCUT2D eigenvalue weighted by molar-refractivity contribution is 0.0941. The van der Waals surface area contributed by atoms with Crippen LogP contribution < -0.4 is 10.6 Å². The van der Waals surface area contributed by atoms with Crippen LogP contribution in [-0.4, -0.2) is 35.2 Å². The number of fused-ring (bicyclic) bond motifs is 1. The maximum atomic E-state index is 12.4. The molecular weight excluding hydrogens is 280 g/mol. The fourth-order valence-corrected chi connectivity index (χ4v) is 2.44. The second-order valence-electron chi connectivity index (χ2n) is 4.92. The molecule has 3 heterocycles. The summed E-state index contributed by atoms with van der Waals surface area (Å²) in [6.45, 7) is 5.42. The van der Waals surface area contributed by atoms with Crippen molar-refractivity contribution in [2.75, 3.05) is 13.1 Å². The van der Waals surface area contributed by atoms with Crippen LogP contribution in [0, 0.1) is 13.8 Å². The molecule has 1 unspecified atom stereocenters. The average Bonchev–Trinajstić information content (AvgIpc) is 2.99. The van der Waals surface area contributed by atoms with E-state index in [4.69, 9.17) is 4.52 Å². The first kappa shape index (κ1) is 14.7. The molecule has 3 rings (SSSR count). The molecule has 1 aliphatic rings. The van der Waals surface area contributed by atoms with Crippen molar-refractivity contribution in [2.24, 2.45) is 0 Å². The highest BCUT2D eigenvalue weighted by atomic mass is 35.5. The Morgan fingerprint density at radius 2 is 2.30 bits per heavy atom. The number of amides is 1. The molecule has 108 valence electrons. The van der Waals surface area contributed by atoms with E-state index < -0.39 is 0 Å². The summed E-state index contributed by atoms with van der Waals surface area (Å²) in [6.07, 6.45) is 0.960. The molecule has 0 spiro atoms. The molecular formula is C13H17ClN4O2. The highest BCUT2D eigenvalue weighted by Crippen LogP contribution is 2.22. The van der Waals surface area contributed by atoms with E-state index in [1.807, 2.05) is 13.8 Å². The van der Waals surface area contributed by atoms with Gasteiger partial charge in [0, 0.05) is 18.3 Å². The molecule has 1 atom stereocenters. The molecule has 1 fully saturated rings. The third kappa shape index (κ3) is 2.62. The summed E-state index contributed by atoms with van der Waals surface area (Å²) < 4.78 is 5.14. The van der Waals surface area contributed by atoms with Gasteiger partial charge in [0.2, 0.25) is 0 Å². The summed E-state index contributed by atoms with van der Waals surface area (Å²) in [5, 5.41) is 10.8. The quantitative estimate of drug-likeness (QED) is 0.874. The Balaban J connectivity index is 0.00000147. The molecule has 0 saturated carbocycles. The van der Waals surface area contributed by atoms with E-state index in [2.05, 4.69) is 20.8 Å². The third-order valence-corrected chi connectivity index (χ3v) is 3.39. The predicted molar refractivity (Wildman–Crippen MR) is 77.3 cm³/mol. The zero-order valence-electron chi connectivity index (χ0n) is 11.4. The van der Waals surface area contributed by atoms with E-state index >= 15 is 0 Å².